The van der Waals surface area contributed by atoms with E-state index in [4.69, 9.17) is 0 Å². The second-order valence-corrected chi connectivity index (χ2v) is 5.00. The van der Waals surface area contributed by atoms with Gasteiger partial charge in [-0.1, -0.05) is 24.3 Å². The fraction of sp³-hybridized carbons (Fsp3) is 0.500. The summed E-state index contributed by atoms with van der Waals surface area (Å²) in [5.41, 5.74) is 1.56. The average Bonchev–Trinajstić information content (AvgIpc) is 2.34. The molecular formula is C14H18ClF3N2O2. The molecule has 0 spiro atoms. The highest BCUT2D eigenvalue weighted by Crippen LogP contribution is 2.15. The van der Waals surface area contributed by atoms with Crippen LogP contribution < -0.4 is 10.6 Å². The summed E-state index contributed by atoms with van der Waals surface area (Å²) in [5, 5.41) is 5.85. The molecule has 1 aliphatic heterocycles. The highest BCUT2D eigenvalue weighted by Gasteiger charge is 2.27. The van der Waals surface area contributed by atoms with Gasteiger partial charge < -0.3 is 15.4 Å². The van der Waals surface area contributed by atoms with Crippen molar-refractivity contribution in [1.82, 2.24) is 10.6 Å². The molecule has 1 aromatic rings. The summed E-state index contributed by atoms with van der Waals surface area (Å²) in [5.74, 6) is 0.0615. The molecule has 0 saturated carbocycles. The molecular weight excluding hydrogens is 321 g/mol. The van der Waals surface area contributed by atoms with E-state index in [0.29, 0.717) is 25.2 Å². The van der Waals surface area contributed by atoms with Gasteiger partial charge in [-0.3, -0.25) is 4.79 Å². The summed E-state index contributed by atoms with van der Waals surface area (Å²) in [6, 6.07) is 6.93. The minimum Gasteiger partial charge on any atom is -0.367 e. The first-order chi connectivity index (χ1) is 9.94. The van der Waals surface area contributed by atoms with Gasteiger partial charge >= 0.3 is 6.18 Å². The molecule has 0 radical (unpaired) electrons. The summed E-state index contributed by atoms with van der Waals surface area (Å²) in [6.45, 7) is 0.502. The Morgan fingerprint density at radius 1 is 1.23 bits per heavy atom. The predicted molar refractivity (Wildman–Crippen MR) is 77.6 cm³/mol. The molecule has 0 bridgehead atoms. The number of ether oxygens (including phenoxy) is 1. The van der Waals surface area contributed by atoms with Crippen LogP contribution in [0, 0.1) is 5.92 Å². The maximum absolute atomic E-state index is 11.9. The summed E-state index contributed by atoms with van der Waals surface area (Å²) < 4.78 is 40.4. The maximum Gasteiger partial charge on any atom is 0.411 e. The Kier molecular flexibility index (Phi) is 7.12. The van der Waals surface area contributed by atoms with Gasteiger partial charge in [0.1, 0.15) is 6.61 Å². The number of benzene rings is 1. The number of carbonyl (C=O) groups excluding carboxylic acids is 1. The van der Waals surface area contributed by atoms with Crippen LogP contribution >= 0.6 is 12.4 Å². The van der Waals surface area contributed by atoms with Gasteiger partial charge in [-0.25, -0.2) is 0 Å². The lowest BCUT2D eigenvalue weighted by atomic mass is 10.0. The van der Waals surface area contributed by atoms with Crippen molar-refractivity contribution in [1.29, 1.82) is 0 Å². The first-order valence-electron chi connectivity index (χ1n) is 6.65. The van der Waals surface area contributed by atoms with Crippen molar-refractivity contribution >= 4 is 18.3 Å². The molecule has 2 rings (SSSR count). The van der Waals surface area contributed by atoms with Crippen molar-refractivity contribution in [2.75, 3.05) is 19.7 Å². The Morgan fingerprint density at radius 3 is 2.32 bits per heavy atom. The zero-order valence-corrected chi connectivity index (χ0v) is 12.6. The van der Waals surface area contributed by atoms with E-state index in [1.165, 1.54) is 0 Å². The van der Waals surface area contributed by atoms with Gasteiger partial charge in [0.25, 0.3) is 0 Å². The normalized spacial score (nSPS) is 14.9. The van der Waals surface area contributed by atoms with Gasteiger partial charge in [0.2, 0.25) is 5.91 Å². The van der Waals surface area contributed by atoms with Crippen LogP contribution in [0.25, 0.3) is 0 Å². The van der Waals surface area contributed by atoms with Crippen molar-refractivity contribution in [3.05, 3.63) is 35.4 Å². The topological polar surface area (TPSA) is 50.4 Å². The van der Waals surface area contributed by atoms with Crippen molar-refractivity contribution in [3.8, 4) is 0 Å². The second kappa shape index (κ2) is 8.36. The Morgan fingerprint density at radius 2 is 1.82 bits per heavy atom. The largest absolute Gasteiger partial charge is 0.411 e. The van der Waals surface area contributed by atoms with Gasteiger partial charge in [0.15, 0.2) is 0 Å². The zero-order chi connectivity index (χ0) is 15.3. The van der Waals surface area contributed by atoms with Crippen LogP contribution in [-0.2, 0) is 22.7 Å². The predicted octanol–water partition coefficient (Wildman–Crippen LogP) is 2.02. The van der Waals surface area contributed by atoms with Crippen LogP contribution in [-0.4, -0.2) is 31.8 Å². The Balaban J connectivity index is 0.00000242. The molecule has 1 heterocycles. The standard InChI is InChI=1S/C14H17F3N2O2.ClH/c15-14(16,17)9-21-8-11-3-1-10(2-4-11)5-19-13(20)12-6-18-7-12;/h1-4,12,18H,5-9H2,(H,19,20);1H. The van der Waals surface area contributed by atoms with Crippen LogP contribution in [0.15, 0.2) is 24.3 Å². The Bertz CT molecular complexity index is 476. The number of amides is 1. The van der Waals surface area contributed by atoms with Crippen LogP contribution in [0.1, 0.15) is 11.1 Å². The third-order valence-corrected chi connectivity index (χ3v) is 3.18. The summed E-state index contributed by atoms with van der Waals surface area (Å²) in [4.78, 5) is 11.6. The van der Waals surface area contributed by atoms with E-state index in [9.17, 15) is 18.0 Å². The number of nitrogens with one attached hydrogen (secondary N) is 2. The zero-order valence-electron chi connectivity index (χ0n) is 11.8. The molecule has 22 heavy (non-hydrogen) atoms. The number of carbonyl (C=O) groups is 1. The lowest BCUT2D eigenvalue weighted by molar-refractivity contribution is -0.176. The molecule has 4 nitrogen and oxygen atoms in total. The van der Waals surface area contributed by atoms with E-state index >= 15 is 0 Å². The Hall–Kier alpha value is -1.31. The van der Waals surface area contributed by atoms with Gasteiger partial charge in [-0.05, 0) is 11.1 Å². The molecule has 124 valence electrons. The molecule has 0 unspecified atom stereocenters. The lowest BCUT2D eigenvalue weighted by Gasteiger charge is -2.25. The SMILES string of the molecule is Cl.O=C(NCc1ccc(COCC(F)(F)F)cc1)C1CNC1. The smallest absolute Gasteiger partial charge is 0.367 e. The van der Waals surface area contributed by atoms with Gasteiger partial charge in [0.05, 0.1) is 12.5 Å². The van der Waals surface area contributed by atoms with E-state index in [1.807, 2.05) is 0 Å². The van der Waals surface area contributed by atoms with Crippen molar-refractivity contribution in [3.63, 3.8) is 0 Å². The fourth-order valence-electron chi connectivity index (χ4n) is 1.85. The van der Waals surface area contributed by atoms with E-state index in [2.05, 4.69) is 15.4 Å². The van der Waals surface area contributed by atoms with Crippen molar-refractivity contribution in [2.24, 2.45) is 5.92 Å². The lowest BCUT2D eigenvalue weighted by Crippen LogP contribution is -2.50. The number of hydrogen-bond donors (Lipinski definition) is 2. The third kappa shape index (κ3) is 6.21. The van der Waals surface area contributed by atoms with Crippen LogP contribution in [0.5, 0.6) is 0 Å². The number of halogens is 4. The quantitative estimate of drug-likeness (QED) is 0.834. The maximum atomic E-state index is 11.9. The second-order valence-electron chi connectivity index (χ2n) is 5.00. The van der Waals surface area contributed by atoms with Gasteiger partial charge in [-0.15, -0.1) is 12.4 Å². The molecule has 1 aliphatic rings. The van der Waals surface area contributed by atoms with E-state index in [0.717, 1.165) is 5.56 Å². The minimum absolute atomic E-state index is 0. The van der Waals surface area contributed by atoms with Crippen LogP contribution in [0.4, 0.5) is 13.2 Å². The van der Waals surface area contributed by atoms with Gasteiger partial charge in [0, 0.05) is 19.6 Å². The molecule has 0 aromatic heterocycles. The summed E-state index contributed by atoms with van der Waals surface area (Å²) in [6.07, 6.45) is -4.30. The van der Waals surface area contributed by atoms with E-state index < -0.39 is 12.8 Å². The highest BCUT2D eigenvalue weighted by atomic mass is 35.5. The van der Waals surface area contributed by atoms with Crippen LogP contribution in [0.2, 0.25) is 0 Å². The highest BCUT2D eigenvalue weighted by molar-refractivity contribution is 5.85. The average molecular weight is 339 g/mol. The molecule has 0 aliphatic carbocycles. The number of hydrogen-bond acceptors (Lipinski definition) is 3. The monoisotopic (exact) mass is 338 g/mol. The van der Waals surface area contributed by atoms with Gasteiger partial charge in [-0.2, -0.15) is 13.2 Å². The minimum atomic E-state index is -4.30. The molecule has 1 aromatic carbocycles. The summed E-state index contributed by atoms with van der Waals surface area (Å²) in [7, 11) is 0. The molecule has 1 amide bonds. The molecule has 1 fully saturated rings. The number of alkyl halides is 3. The first-order valence-corrected chi connectivity index (χ1v) is 6.65. The third-order valence-electron chi connectivity index (χ3n) is 3.18. The fourth-order valence-corrected chi connectivity index (χ4v) is 1.85. The van der Waals surface area contributed by atoms with Crippen molar-refractivity contribution < 1.29 is 22.7 Å². The van der Waals surface area contributed by atoms with Crippen LogP contribution in [0.3, 0.4) is 0 Å². The van der Waals surface area contributed by atoms with E-state index in [-0.39, 0.29) is 30.8 Å². The number of rotatable bonds is 6. The first kappa shape index (κ1) is 18.7. The molecule has 8 heteroatoms. The molecule has 0 atom stereocenters. The van der Waals surface area contributed by atoms with Crippen molar-refractivity contribution in [2.45, 2.75) is 19.3 Å². The van der Waals surface area contributed by atoms with E-state index in [1.54, 1.807) is 24.3 Å². The Labute approximate surface area is 132 Å². The molecule has 2 N–H and O–H groups in total. The summed E-state index contributed by atoms with van der Waals surface area (Å²) >= 11 is 0. The molecule has 1 saturated heterocycles.